The first-order chi connectivity index (χ1) is 10.7. The number of carbonyl (C=O) groups is 1. The van der Waals surface area contributed by atoms with E-state index in [4.69, 9.17) is 5.11 Å². The standard InChI is InChI=1S/C15H19N3O2S2/c1-11-2-9-21-12(11)10-13-14(20)16-15(22-13)18-5-3-17(4-6-18)7-8-19/h2,9-10,19H,3-8H2,1H3/b13-10-. The second-order valence-electron chi connectivity index (χ2n) is 5.33. The lowest BCUT2D eigenvalue weighted by Gasteiger charge is -2.34. The number of nitrogens with zero attached hydrogens (tertiary/aromatic N) is 3. The van der Waals surface area contributed by atoms with Gasteiger partial charge in [0, 0.05) is 37.6 Å². The van der Waals surface area contributed by atoms with Gasteiger partial charge in [0.2, 0.25) is 0 Å². The summed E-state index contributed by atoms with van der Waals surface area (Å²) < 4.78 is 0. The third-order valence-electron chi connectivity index (χ3n) is 3.83. The fourth-order valence-corrected chi connectivity index (χ4v) is 4.37. The van der Waals surface area contributed by atoms with Crippen molar-refractivity contribution in [1.29, 1.82) is 0 Å². The SMILES string of the molecule is Cc1ccsc1/C=C1\SC(N2CCN(CCO)CC2)=NC1=O. The van der Waals surface area contributed by atoms with E-state index in [1.54, 1.807) is 11.3 Å². The summed E-state index contributed by atoms with van der Waals surface area (Å²) in [7, 11) is 0. The van der Waals surface area contributed by atoms with Crippen LogP contribution in [0.3, 0.4) is 0 Å². The topological polar surface area (TPSA) is 56.1 Å². The zero-order chi connectivity index (χ0) is 15.5. The van der Waals surface area contributed by atoms with Crippen LogP contribution in [-0.2, 0) is 4.79 Å². The lowest BCUT2D eigenvalue weighted by Crippen LogP contribution is -2.48. The van der Waals surface area contributed by atoms with Crippen LogP contribution in [0, 0.1) is 6.92 Å². The first-order valence-corrected chi connectivity index (χ1v) is 9.02. The van der Waals surface area contributed by atoms with E-state index < -0.39 is 0 Å². The predicted molar refractivity (Wildman–Crippen MR) is 92.2 cm³/mol. The fraction of sp³-hybridized carbons (Fsp3) is 0.467. The Balaban J connectivity index is 1.64. The predicted octanol–water partition coefficient (Wildman–Crippen LogP) is 1.64. The number of piperazine rings is 1. The number of hydrogen-bond acceptors (Lipinski definition) is 6. The fourth-order valence-electron chi connectivity index (χ4n) is 2.49. The highest BCUT2D eigenvalue weighted by Gasteiger charge is 2.28. The molecule has 0 saturated carbocycles. The molecule has 1 aromatic rings. The van der Waals surface area contributed by atoms with Gasteiger partial charge < -0.3 is 10.0 Å². The molecule has 1 fully saturated rings. The minimum absolute atomic E-state index is 0.134. The van der Waals surface area contributed by atoms with E-state index in [0.717, 1.165) is 42.8 Å². The van der Waals surface area contributed by atoms with Crippen LogP contribution in [0.15, 0.2) is 21.3 Å². The highest BCUT2D eigenvalue weighted by molar-refractivity contribution is 8.18. The summed E-state index contributed by atoms with van der Waals surface area (Å²) in [5.41, 5.74) is 1.19. The highest BCUT2D eigenvalue weighted by Crippen LogP contribution is 2.32. The Morgan fingerprint density at radius 2 is 2.14 bits per heavy atom. The molecule has 2 aliphatic heterocycles. The van der Waals surface area contributed by atoms with Crippen LogP contribution in [0.2, 0.25) is 0 Å². The molecule has 0 aromatic carbocycles. The van der Waals surface area contributed by atoms with Gasteiger partial charge in [-0.3, -0.25) is 9.69 Å². The minimum atomic E-state index is -0.134. The van der Waals surface area contributed by atoms with E-state index in [9.17, 15) is 4.79 Å². The van der Waals surface area contributed by atoms with Gasteiger partial charge in [-0.25, -0.2) is 0 Å². The molecule has 0 radical (unpaired) electrons. The Bertz CT molecular complexity index is 616. The van der Waals surface area contributed by atoms with Crippen molar-refractivity contribution in [2.75, 3.05) is 39.3 Å². The molecule has 7 heteroatoms. The number of thioether (sulfide) groups is 1. The number of carbonyl (C=O) groups excluding carboxylic acids is 1. The normalized spacial score (nSPS) is 21.7. The van der Waals surface area contributed by atoms with E-state index in [0.29, 0.717) is 4.91 Å². The van der Waals surface area contributed by atoms with E-state index in [1.807, 2.05) is 11.5 Å². The summed E-state index contributed by atoms with van der Waals surface area (Å²) in [5.74, 6) is -0.134. The van der Waals surface area contributed by atoms with Crippen LogP contribution in [0.1, 0.15) is 10.4 Å². The maximum atomic E-state index is 12.1. The molecular formula is C15H19N3O2S2. The van der Waals surface area contributed by atoms with Gasteiger partial charge in [0.1, 0.15) is 0 Å². The number of thiophene rings is 1. The first-order valence-electron chi connectivity index (χ1n) is 7.32. The first kappa shape index (κ1) is 15.7. The maximum absolute atomic E-state index is 12.1. The van der Waals surface area contributed by atoms with Crippen molar-refractivity contribution in [2.45, 2.75) is 6.92 Å². The van der Waals surface area contributed by atoms with Crippen molar-refractivity contribution < 1.29 is 9.90 Å². The van der Waals surface area contributed by atoms with Crippen molar-refractivity contribution in [2.24, 2.45) is 4.99 Å². The third-order valence-corrected chi connectivity index (χ3v) is 5.84. The van der Waals surface area contributed by atoms with Crippen molar-refractivity contribution in [3.8, 4) is 0 Å². The van der Waals surface area contributed by atoms with Crippen LogP contribution in [0.4, 0.5) is 0 Å². The monoisotopic (exact) mass is 337 g/mol. The molecule has 5 nitrogen and oxygen atoms in total. The quantitative estimate of drug-likeness (QED) is 0.850. The molecular weight excluding hydrogens is 318 g/mol. The summed E-state index contributed by atoms with van der Waals surface area (Å²) in [5, 5.41) is 11.8. The van der Waals surface area contributed by atoms with Crippen LogP contribution in [-0.4, -0.2) is 65.3 Å². The van der Waals surface area contributed by atoms with Gasteiger partial charge in [-0.1, -0.05) is 0 Å². The van der Waals surface area contributed by atoms with Crippen LogP contribution >= 0.6 is 23.1 Å². The zero-order valence-electron chi connectivity index (χ0n) is 12.5. The second-order valence-corrected chi connectivity index (χ2v) is 7.29. The van der Waals surface area contributed by atoms with Gasteiger partial charge in [0.15, 0.2) is 5.17 Å². The smallest absolute Gasteiger partial charge is 0.286 e. The van der Waals surface area contributed by atoms with Crippen molar-refractivity contribution in [1.82, 2.24) is 9.80 Å². The Hall–Kier alpha value is -1.15. The molecule has 0 unspecified atom stereocenters. The number of rotatable bonds is 3. The van der Waals surface area contributed by atoms with Crippen molar-refractivity contribution in [3.05, 3.63) is 26.8 Å². The molecule has 1 N–H and O–H groups in total. The largest absolute Gasteiger partial charge is 0.395 e. The van der Waals surface area contributed by atoms with Gasteiger partial charge in [-0.15, -0.1) is 11.3 Å². The number of hydrogen-bond donors (Lipinski definition) is 1. The molecule has 1 saturated heterocycles. The summed E-state index contributed by atoms with van der Waals surface area (Å²) in [6, 6.07) is 2.06. The Labute approximate surface area is 138 Å². The maximum Gasteiger partial charge on any atom is 0.286 e. The summed E-state index contributed by atoms with van der Waals surface area (Å²) in [6.07, 6.45) is 1.95. The number of β-amino-alcohol motifs (C(OH)–C–C–N with tert-alkyl or cyclic N) is 1. The highest BCUT2D eigenvalue weighted by atomic mass is 32.2. The van der Waals surface area contributed by atoms with Gasteiger partial charge in [0.25, 0.3) is 5.91 Å². The van der Waals surface area contributed by atoms with E-state index >= 15 is 0 Å². The molecule has 0 spiro atoms. The number of aliphatic hydroxyl groups is 1. The number of amides is 1. The van der Waals surface area contributed by atoms with Gasteiger partial charge >= 0.3 is 0 Å². The number of aliphatic imine (C=N–C) groups is 1. The van der Waals surface area contributed by atoms with Gasteiger partial charge in [-0.2, -0.15) is 4.99 Å². The van der Waals surface area contributed by atoms with E-state index in [2.05, 4.69) is 27.8 Å². The molecule has 3 rings (SSSR count). The Morgan fingerprint density at radius 1 is 1.36 bits per heavy atom. The molecule has 3 heterocycles. The minimum Gasteiger partial charge on any atom is -0.395 e. The molecule has 1 aromatic heterocycles. The van der Waals surface area contributed by atoms with E-state index in [1.165, 1.54) is 17.3 Å². The van der Waals surface area contributed by atoms with Gasteiger partial charge in [-0.05, 0) is 41.8 Å². The molecule has 2 aliphatic rings. The number of aliphatic hydroxyl groups excluding tert-OH is 1. The molecule has 0 aliphatic carbocycles. The second kappa shape index (κ2) is 6.95. The van der Waals surface area contributed by atoms with E-state index in [-0.39, 0.29) is 12.5 Å². The molecule has 118 valence electrons. The molecule has 0 atom stereocenters. The third kappa shape index (κ3) is 3.43. The number of aryl methyl sites for hydroxylation is 1. The molecule has 0 bridgehead atoms. The lowest BCUT2D eigenvalue weighted by molar-refractivity contribution is -0.113. The van der Waals surface area contributed by atoms with Crippen LogP contribution in [0.25, 0.3) is 6.08 Å². The summed E-state index contributed by atoms with van der Waals surface area (Å²) in [4.78, 5) is 22.5. The molecule has 22 heavy (non-hydrogen) atoms. The van der Waals surface area contributed by atoms with Gasteiger partial charge in [0.05, 0.1) is 11.5 Å². The van der Waals surface area contributed by atoms with Crippen molar-refractivity contribution in [3.63, 3.8) is 0 Å². The van der Waals surface area contributed by atoms with Crippen molar-refractivity contribution >= 4 is 40.2 Å². The van der Waals surface area contributed by atoms with Crippen LogP contribution < -0.4 is 0 Å². The Kier molecular flexibility index (Phi) is 4.97. The summed E-state index contributed by atoms with van der Waals surface area (Å²) in [6.45, 7) is 6.47. The van der Waals surface area contributed by atoms with Crippen LogP contribution in [0.5, 0.6) is 0 Å². The zero-order valence-corrected chi connectivity index (χ0v) is 14.1. The molecule has 1 amide bonds. The lowest BCUT2D eigenvalue weighted by atomic mass is 10.3. The summed E-state index contributed by atoms with van der Waals surface area (Å²) >= 11 is 3.12. The number of amidine groups is 1. The average Bonchev–Trinajstić information content (AvgIpc) is 3.08. The Morgan fingerprint density at radius 3 is 2.77 bits per heavy atom. The average molecular weight is 337 g/mol.